The molecule has 0 aromatic carbocycles. The van der Waals surface area contributed by atoms with Gasteiger partial charge in [0.2, 0.25) is 5.91 Å². The zero-order valence-corrected chi connectivity index (χ0v) is 14.0. The van der Waals surface area contributed by atoms with Crippen LogP contribution in [0, 0.1) is 6.92 Å². The summed E-state index contributed by atoms with van der Waals surface area (Å²) in [5, 5.41) is 12.7. The first-order chi connectivity index (χ1) is 12.1. The molecule has 0 saturated carbocycles. The van der Waals surface area contributed by atoms with Crippen molar-refractivity contribution in [3.05, 3.63) is 42.2 Å². The van der Waals surface area contributed by atoms with Crippen LogP contribution in [0.15, 0.2) is 49.2 Å². The molecule has 3 rings (SSSR count). The van der Waals surface area contributed by atoms with E-state index in [-0.39, 0.29) is 17.5 Å². The smallest absolute Gasteiger partial charge is 0.321 e. The van der Waals surface area contributed by atoms with E-state index in [9.17, 15) is 9.59 Å². The van der Waals surface area contributed by atoms with E-state index in [1.165, 1.54) is 12.5 Å². The molecule has 0 saturated heterocycles. The van der Waals surface area contributed by atoms with Crippen molar-refractivity contribution >= 4 is 23.7 Å². The van der Waals surface area contributed by atoms with Crippen molar-refractivity contribution in [2.45, 2.75) is 18.7 Å². The Hall–Kier alpha value is -3.01. The molecule has 0 unspecified atom stereocenters. The van der Waals surface area contributed by atoms with Crippen LogP contribution in [0.4, 0.5) is 4.79 Å². The van der Waals surface area contributed by atoms with Crippen molar-refractivity contribution in [2.24, 2.45) is 0 Å². The number of hydrogen-bond acceptors (Lipinski definition) is 8. The highest BCUT2D eigenvalue weighted by atomic mass is 32.2. The minimum absolute atomic E-state index is 0.0415. The average Bonchev–Trinajstić information content (AvgIpc) is 3.32. The van der Waals surface area contributed by atoms with Gasteiger partial charge >= 0.3 is 6.03 Å². The molecule has 0 aliphatic carbocycles. The summed E-state index contributed by atoms with van der Waals surface area (Å²) in [5.41, 5.74) is 0.695. The summed E-state index contributed by atoms with van der Waals surface area (Å²) in [6.07, 6.45) is 3.02. The summed E-state index contributed by atoms with van der Waals surface area (Å²) < 4.78 is 15.7. The lowest BCUT2D eigenvalue weighted by molar-refractivity contribution is -0.117. The van der Waals surface area contributed by atoms with Gasteiger partial charge < -0.3 is 18.6 Å². The van der Waals surface area contributed by atoms with Gasteiger partial charge in [-0.3, -0.25) is 10.1 Å². The van der Waals surface area contributed by atoms with Gasteiger partial charge in [0, 0.05) is 0 Å². The number of carbonyl (C=O) groups excluding carboxylic acids is 2. The highest BCUT2D eigenvalue weighted by Crippen LogP contribution is 2.26. The van der Waals surface area contributed by atoms with Gasteiger partial charge in [-0.1, -0.05) is 11.8 Å². The fraction of sp³-hybridized carbons (Fsp3) is 0.200. The quantitative estimate of drug-likeness (QED) is 0.641. The molecule has 25 heavy (non-hydrogen) atoms. The number of imide groups is 1. The molecular weight excluding hydrogens is 348 g/mol. The van der Waals surface area contributed by atoms with E-state index in [1.54, 1.807) is 25.1 Å². The molecular formula is C15H14N4O5S. The number of thioether (sulfide) groups is 1. The van der Waals surface area contributed by atoms with Crippen LogP contribution in [0.25, 0.3) is 11.5 Å². The average molecular weight is 362 g/mol. The Morgan fingerprint density at radius 3 is 2.80 bits per heavy atom. The first-order valence-corrected chi connectivity index (χ1v) is 8.21. The summed E-state index contributed by atoms with van der Waals surface area (Å²) in [5.74, 6) is 1.03. The maximum absolute atomic E-state index is 11.8. The number of nitrogens with zero attached hydrogens (tertiary/aromatic N) is 2. The fourth-order valence-corrected chi connectivity index (χ4v) is 2.46. The molecule has 9 nitrogen and oxygen atoms in total. The van der Waals surface area contributed by atoms with Crippen LogP contribution in [-0.2, 0) is 11.3 Å². The molecule has 130 valence electrons. The maximum atomic E-state index is 11.8. The Bertz CT molecular complexity index is 855. The molecule has 3 aromatic rings. The standard InChI is InChI=1S/C15H14N4O5S/c1-9-11(4-6-22-9)13-18-19-15(24-13)25-8-12(20)17-14(21)16-7-10-3-2-5-23-10/h2-6H,7-8H2,1H3,(H2,16,17,20,21). The first-order valence-electron chi connectivity index (χ1n) is 7.22. The summed E-state index contributed by atoms with van der Waals surface area (Å²) in [4.78, 5) is 23.4. The zero-order chi connectivity index (χ0) is 17.6. The van der Waals surface area contributed by atoms with E-state index in [1.807, 2.05) is 0 Å². The van der Waals surface area contributed by atoms with E-state index < -0.39 is 11.9 Å². The monoisotopic (exact) mass is 362 g/mol. The van der Waals surface area contributed by atoms with Crippen LogP contribution >= 0.6 is 11.8 Å². The van der Waals surface area contributed by atoms with Crippen molar-refractivity contribution < 1.29 is 22.8 Å². The molecule has 2 N–H and O–H groups in total. The molecule has 3 heterocycles. The number of aromatic nitrogens is 2. The topological polar surface area (TPSA) is 123 Å². The molecule has 10 heteroatoms. The minimum atomic E-state index is -0.609. The van der Waals surface area contributed by atoms with Crippen molar-refractivity contribution in [1.29, 1.82) is 0 Å². The van der Waals surface area contributed by atoms with Gasteiger partial charge in [-0.05, 0) is 25.1 Å². The van der Waals surface area contributed by atoms with E-state index in [2.05, 4.69) is 20.8 Å². The summed E-state index contributed by atoms with van der Waals surface area (Å²) in [6, 6.07) is 4.53. The second kappa shape index (κ2) is 7.71. The van der Waals surface area contributed by atoms with Crippen LogP contribution < -0.4 is 10.6 Å². The first kappa shape index (κ1) is 16.8. The normalized spacial score (nSPS) is 10.6. The van der Waals surface area contributed by atoms with Crippen LogP contribution in [-0.4, -0.2) is 27.9 Å². The van der Waals surface area contributed by atoms with Crippen molar-refractivity contribution in [2.75, 3.05) is 5.75 Å². The molecule has 0 aliphatic rings. The predicted octanol–water partition coefficient (Wildman–Crippen LogP) is 2.35. The number of rotatable bonds is 6. The summed E-state index contributed by atoms with van der Waals surface area (Å²) in [7, 11) is 0. The second-order valence-electron chi connectivity index (χ2n) is 4.86. The van der Waals surface area contributed by atoms with E-state index in [0.29, 0.717) is 23.0 Å². The van der Waals surface area contributed by atoms with Crippen molar-refractivity contribution in [3.8, 4) is 11.5 Å². The van der Waals surface area contributed by atoms with E-state index >= 15 is 0 Å². The third kappa shape index (κ3) is 4.51. The van der Waals surface area contributed by atoms with Crippen LogP contribution in [0.1, 0.15) is 11.5 Å². The Labute approximate surface area is 146 Å². The Morgan fingerprint density at radius 2 is 2.08 bits per heavy atom. The van der Waals surface area contributed by atoms with Gasteiger partial charge in [-0.15, -0.1) is 10.2 Å². The molecule has 0 atom stereocenters. The molecule has 0 radical (unpaired) electrons. The molecule has 0 aliphatic heterocycles. The lowest BCUT2D eigenvalue weighted by Crippen LogP contribution is -2.39. The second-order valence-corrected chi connectivity index (χ2v) is 5.79. The Balaban J connectivity index is 1.44. The highest BCUT2D eigenvalue weighted by Gasteiger charge is 2.15. The van der Waals surface area contributed by atoms with Gasteiger partial charge in [0.25, 0.3) is 11.1 Å². The number of carbonyl (C=O) groups is 2. The lowest BCUT2D eigenvalue weighted by Gasteiger charge is -2.04. The van der Waals surface area contributed by atoms with Gasteiger partial charge in [0.1, 0.15) is 11.5 Å². The third-order valence-corrected chi connectivity index (χ3v) is 3.90. The molecule has 3 aromatic heterocycles. The number of hydrogen-bond donors (Lipinski definition) is 2. The van der Waals surface area contributed by atoms with Crippen molar-refractivity contribution in [1.82, 2.24) is 20.8 Å². The molecule has 0 bridgehead atoms. The lowest BCUT2D eigenvalue weighted by atomic mass is 10.3. The summed E-state index contributed by atoms with van der Waals surface area (Å²) >= 11 is 1.03. The van der Waals surface area contributed by atoms with Gasteiger partial charge in [-0.25, -0.2) is 4.79 Å². The van der Waals surface area contributed by atoms with Crippen LogP contribution in [0.2, 0.25) is 0 Å². The fourth-order valence-electron chi connectivity index (χ4n) is 1.90. The number of urea groups is 1. The SMILES string of the molecule is Cc1occc1-c1nnc(SCC(=O)NC(=O)NCc2ccco2)o1. The number of furan rings is 2. The number of amides is 3. The minimum Gasteiger partial charge on any atom is -0.469 e. The van der Waals surface area contributed by atoms with Crippen LogP contribution in [0.5, 0.6) is 0 Å². The predicted molar refractivity (Wildman–Crippen MR) is 86.5 cm³/mol. The molecule has 0 spiro atoms. The highest BCUT2D eigenvalue weighted by molar-refractivity contribution is 7.99. The van der Waals surface area contributed by atoms with Gasteiger partial charge in [0.15, 0.2) is 0 Å². The number of nitrogens with one attached hydrogen (secondary N) is 2. The number of aryl methyl sites for hydroxylation is 1. The zero-order valence-electron chi connectivity index (χ0n) is 13.1. The largest absolute Gasteiger partial charge is 0.469 e. The Kier molecular flexibility index (Phi) is 5.19. The van der Waals surface area contributed by atoms with E-state index in [4.69, 9.17) is 13.3 Å². The van der Waals surface area contributed by atoms with Gasteiger partial charge in [-0.2, -0.15) is 0 Å². The van der Waals surface area contributed by atoms with E-state index in [0.717, 1.165) is 11.8 Å². The maximum Gasteiger partial charge on any atom is 0.321 e. The molecule has 3 amide bonds. The van der Waals surface area contributed by atoms with Gasteiger partial charge in [0.05, 0.1) is 30.4 Å². The van der Waals surface area contributed by atoms with Crippen molar-refractivity contribution in [3.63, 3.8) is 0 Å². The third-order valence-electron chi connectivity index (χ3n) is 3.08. The van der Waals surface area contributed by atoms with Crippen LogP contribution in [0.3, 0.4) is 0 Å². The Morgan fingerprint density at radius 1 is 1.20 bits per heavy atom. The molecule has 0 fully saturated rings. The summed E-state index contributed by atoms with van der Waals surface area (Å²) in [6.45, 7) is 1.97.